The maximum Gasteiger partial charge on any atom is 0.00673 e. The first-order valence-corrected chi connectivity index (χ1v) is 1.09. The highest BCUT2D eigenvalue weighted by atomic mass is 14.3. The van der Waals surface area contributed by atoms with Gasteiger partial charge in [-0.05, 0) is 13.0 Å². The molecule has 4 heavy (non-hydrogen) atoms. The fourth-order valence-corrected chi connectivity index (χ4v) is 0. The summed E-state index contributed by atoms with van der Waals surface area (Å²) in [5.41, 5.74) is 0. The van der Waals surface area contributed by atoms with Gasteiger partial charge in [-0.1, -0.05) is 5.41 Å². The van der Waals surface area contributed by atoms with Crippen molar-refractivity contribution < 1.29 is 0 Å². The summed E-state index contributed by atoms with van der Waals surface area (Å²) >= 11 is 0. The Bertz CT molecular complexity index is 41.2. The number of hydrogen-bond acceptors (Lipinski definition) is 0. The van der Waals surface area contributed by atoms with Gasteiger partial charge in [-0.15, -0.1) is 0 Å². The van der Waals surface area contributed by atoms with E-state index in [2.05, 4.69) is 0 Å². The highest BCUT2D eigenvalue weighted by Gasteiger charge is 1.28. The van der Waals surface area contributed by atoms with Crippen molar-refractivity contribution in [2.75, 3.05) is 0 Å². The summed E-state index contributed by atoms with van der Waals surface area (Å²) in [6.45, 7) is 1.69. The minimum Gasteiger partial charge on any atom is -0.0973 e. The van der Waals surface area contributed by atoms with E-state index >= 15 is 0 Å². The molecule has 0 saturated heterocycles. The van der Waals surface area contributed by atoms with Crippen molar-refractivity contribution in [3.05, 3.63) is 6.08 Å². The van der Waals surface area contributed by atoms with Crippen LogP contribution < -0.4 is 5.41 Å². The third-order valence-corrected chi connectivity index (χ3v) is 0.129. The van der Waals surface area contributed by atoms with Crippen LogP contribution in [-0.2, 0) is 0 Å². The van der Waals surface area contributed by atoms with Crippen LogP contribution in [0.2, 0.25) is 0 Å². The Morgan fingerprint density at radius 3 is 2.25 bits per heavy atom. The maximum atomic E-state index is 7.57. The minimum atomic E-state index is 1.43. The summed E-state index contributed by atoms with van der Waals surface area (Å²) in [5, 5.41) is 7.57. The molecule has 0 bridgehead atoms. The summed E-state index contributed by atoms with van der Waals surface area (Å²) in [5.74, 6) is 1.81. The Labute approximate surface area is 25.5 Å². The number of allylic oxidation sites excluding steroid dienone is 1. The van der Waals surface area contributed by atoms with Gasteiger partial charge in [0.1, 0.15) is 0 Å². The van der Waals surface area contributed by atoms with E-state index in [0.717, 1.165) is 0 Å². The molecule has 0 heterocycles. The van der Waals surface area contributed by atoms with Gasteiger partial charge in [0.25, 0.3) is 0 Å². The average molecular weight is 54.1 g/mol. The molecule has 1 nitrogen and oxygen atoms in total. The summed E-state index contributed by atoms with van der Waals surface area (Å²) in [6.07, 6.45) is 1.43. The van der Waals surface area contributed by atoms with Crippen molar-refractivity contribution in [2.24, 2.45) is 0 Å². The van der Waals surface area contributed by atoms with Crippen LogP contribution in [0.1, 0.15) is 6.92 Å². The Morgan fingerprint density at radius 2 is 2.25 bits per heavy atom. The average Bonchev–Trinajstić information content (AvgIpc) is 1.37. The van der Waals surface area contributed by atoms with E-state index in [9.17, 15) is 0 Å². The standard InChI is InChI=1S/C3H4N/c1-2-3-4/h2H,1H3. The van der Waals surface area contributed by atoms with Crippen molar-refractivity contribution in [3.63, 3.8) is 0 Å². The first-order chi connectivity index (χ1) is 1.91. The van der Waals surface area contributed by atoms with Crippen LogP contribution in [0.5, 0.6) is 0 Å². The van der Waals surface area contributed by atoms with Crippen LogP contribution >= 0.6 is 0 Å². The van der Waals surface area contributed by atoms with Crippen molar-refractivity contribution in [1.29, 1.82) is 0 Å². The van der Waals surface area contributed by atoms with E-state index in [1.165, 1.54) is 6.08 Å². The van der Waals surface area contributed by atoms with E-state index in [0.29, 0.717) is 0 Å². The van der Waals surface area contributed by atoms with E-state index in [-0.39, 0.29) is 0 Å². The fourth-order valence-electron chi connectivity index (χ4n) is 0. The predicted molar refractivity (Wildman–Crippen MR) is 17.4 cm³/mol. The quantitative estimate of drug-likeness (QED) is 0.348. The molecule has 0 rings (SSSR count). The smallest absolute Gasteiger partial charge is 0.00673 e. The van der Waals surface area contributed by atoms with Gasteiger partial charge in [-0.2, -0.15) is 0 Å². The topological polar surface area (TPSA) is 22.3 Å². The number of hydrogen-bond donors (Lipinski definition) is 0. The molecule has 0 saturated carbocycles. The summed E-state index contributed by atoms with van der Waals surface area (Å²) in [4.78, 5) is 0. The van der Waals surface area contributed by atoms with Gasteiger partial charge in [0.2, 0.25) is 0 Å². The first kappa shape index (κ1) is 3.45. The van der Waals surface area contributed by atoms with Crippen LogP contribution in [0.15, 0.2) is 6.08 Å². The molecule has 0 atom stereocenters. The lowest BCUT2D eigenvalue weighted by Gasteiger charge is -1.33. The second-order valence-electron chi connectivity index (χ2n) is 0.418. The lowest BCUT2D eigenvalue weighted by molar-refractivity contribution is 1.80. The molecule has 0 aliphatic rings. The second-order valence-corrected chi connectivity index (χ2v) is 0.418. The Kier molecular flexibility index (Phi) is 2.11. The van der Waals surface area contributed by atoms with Crippen LogP contribution in [0.4, 0.5) is 0 Å². The monoisotopic (exact) mass is 54.0 g/mol. The SMILES string of the molecule is CC=C=[N]. The normalized spacial score (nSPS) is 4.25. The third-order valence-electron chi connectivity index (χ3n) is 0.129. The minimum absolute atomic E-state index is 1.43. The molecule has 0 fully saturated rings. The number of rotatable bonds is 0. The fraction of sp³-hybridized carbons (Fsp3) is 0.333. The molecule has 0 amide bonds. The van der Waals surface area contributed by atoms with E-state index in [1.807, 2.05) is 0 Å². The zero-order chi connectivity index (χ0) is 3.41. The van der Waals surface area contributed by atoms with Crippen LogP contribution in [0.25, 0.3) is 0 Å². The van der Waals surface area contributed by atoms with Gasteiger partial charge in [0.05, 0.1) is 0 Å². The van der Waals surface area contributed by atoms with Gasteiger partial charge in [-0.3, -0.25) is 0 Å². The Hall–Kier alpha value is -0.550. The molecule has 0 aromatic rings. The second kappa shape index (κ2) is 2.45. The highest BCUT2D eigenvalue weighted by molar-refractivity contribution is 5.47. The van der Waals surface area contributed by atoms with Crippen molar-refractivity contribution in [2.45, 2.75) is 6.92 Å². The molecular weight excluding hydrogens is 50.0 g/mol. The molecule has 1 radical (unpaired) electrons. The van der Waals surface area contributed by atoms with E-state index < -0.39 is 0 Å². The molecule has 0 N–H and O–H groups in total. The molecule has 21 valence electrons. The lowest BCUT2D eigenvalue weighted by atomic mass is 10.8. The highest BCUT2D eigenvalue weighted by Crippen LogP contribution is 1.35. The van der Waals surface area contributed by atoms with Crippen molar-refractivity contribution in [3.8, 4) is 0 Å². The van der Waals surface area contributed by atoms with E-state index in [4.69, 9.17) is 5.41 Å². The van der Waals surface area contributed by atoms with Gasteiger partial charge in [-0.25, -0.2) is 0 Å². The van der Waals surface area contributed by atoms with Crippen molar-refractivity contribution in [1.82, 2.24) is 5.41 Å². The summed E-state index contributed by atoms with van der Waals surface area (Å²) in [6, 6.07) is 0. The first-order valence-electron chi connectivity index (χ1n) is 1.09. The van der Waals surface area contributed by atoms with Gasteiger partial charge in [0, 0.05) is 5.87 Å². The maximum absolute atomic E-state index is 7.57. The Morgan fingerprint density at radius 1 is 2.00 bits per heavy atom. The molecule has 0 aliphatic heterocycles. The van der Waals surface area contributed by atoms with Crippen LogP contribution in [-0.4, -0.2) is 5.87 Å². The molecule has 0 unspecified atom stereocenters. The molecular formula is C3H4N. The van der Waals surface area contributed by atoms with Crippen LogP contribution in [0, 0.1) is 0 Å². The van der Waals surface area contributed by atoms with Crippen LogP contribution in [0.3, 0.4) is 0 Å². The molecule has 0 aliphatic carbocycles. The largest absolute Gasteiger partial charge is 0.0973 e. The molecule has 0 aromatic heterocycles. The van der Waals surface area contributed by atoms with E-state index in [1.54, 1.807) is 12.8 Å². The molecule has 1 heteroatoms. The van der Waals surface area contributed by atoms with Gasteiger partial charge < -0.3 is 0 Å². The Balaban J connectivity index is 3.11. The molecule has 0 aromatic carbocycles. The molecule has 0 spiro atoms. The van der Waals surface area contributed by atoms with Crippen molar-refractivity contribution >= 4 is 5.87 Å². The predicted octanol–water partition coefficient (Wildman–Crippen LogP) is 0.0323. The summed E-state index contributed by atoms with van der Waals surface area (Å²) < 4.78 is 0. The lowest BCUT2D eigenvalue weighted by Crippen LogP contribution is -1.39. The van der Waals surface area contributed by atoms with Gasteiger partial charge in [0.15, 0.2) is 0 Å². The summed E-state index contributed by atoms with van der Waals surface area (Å²) in [7, 11) is 0. The zero-order valence-electron chi connectivity index (χ0n) is 2.52. The third kappa shape index (κ3) is 1.45. The zero-order valence-corrected chi connectivity index (χ0v) is 2.52. The number of nitrogens with zero attached hydrogens (tertiary/aromatic N) is 1. The van der Waals surface area contributed by atoms with Gasteiger partial charge >= 0.3 is 0 Å².